The molecular formula is C20H28N2Si. The van der Waals surface area contributed by atoms with Gasteiger partial charge in [-0.05, 0) is 15.4 Å². The third-order valence-corrected chi connectivity index (χ3v) is 11.0. The van der Waals surface area contributed by atoms with Gasteiger partial charge in [-0.15, -0.1) is 0 Å². The van der Waals surface area contributed by atoms with Gasteiger partial charge in [0.15, 0.2) is 8.24 Å². The minimum absolute atomic E-state index is 0.215. The van der Waals surface area contributed by atoms with Crippen molar-refractivity contribution >= 4 is 18.6 Å². The van der Waals surface area contributed by atoms with Crippen LogP contribution in [0.15, 0.2) is 60.7 Å². The summed E-state index contributed by atoms with van der Waals surface area (Å²) in [7, 11) is -2.06. The van der Waals surface area contributed by atoms with E-state index >= 15 is 0 Å². The van der Waals surface area contributed by atoms with Gasteiger partial charge in [0.2, 0.25) is 0 Å². The standard InChI is InChI=1S/C20H28N2Si/c1-20(2,3)23(18-10-6-4-7-11-18,19-12-8-5-9-13-19)22-16-14-21-15-17-22/h4-13,21H,14-17H2,1-3H3. The minimum Gasteiger partial charge on any atom is -0.314 e. The second kappa shape index (κ2) is 6.60. The summed E-state index contributed by atoms with van der Waals surface area (Å²) in [6, 6.07) is 22.5. The van der Waals surface area contributed by atoms with E-state index in [1.807, 2.05) is 0 Å². The van der Waals surface area contributed by atoms with Gasteiger partial charge in [0.25, 0.3) is 0 Å². The Balaban J connectivity index is 2.25. The van der Waals surface area contributed by atoms with Gasteiger partial charge >= 0.3 is 0 Å². The van der Waals surface area contributed by atoms with Crippen LogP contribution in [0.25, 0.3) is 0 Å². The van der Waals surface area contributed by atoms with Crippen LogP contribution in [-0.4, -0.2) is 39.0 Å². The van der Waals surface area contributed by atoms with Crippen molar-refractivity contribution in [3.8, 4) is 0 Å². The van der Waals surface area contributed by atoms with Crippen molar-refractivity contribution in [2.75, 3.05) is 26.2 Å². The summed E-state index contributed by atoms with van der Waals surface area (Å²) in [6.45, 7) is 11.7. The molecule has 1 aliphatic heterocycles. The van der Waals surface area contributed by atoms with Gasteiger partial charge in [-0.2, -0.15) is 0 Å². The van der Waals surface area contributed by atoms with E-state index in [9.17, 15) is 0 Å². The van der Waals surface area contributed by atoms with Crippen molar-refractivity contribution < 1.29 is 0 Å². The van der Waals surface area contributed by atoms with E-state index in [2.05, 4.69) is 91.3 Å². The van der Waals surface area contributed by atoms with Gasteiger partial charge in [-0.25, -0.2) is 0 Å². The molecule has 2 aromatic rings. The Labute approximate surface area is 141 Å². The highest BCUT2D eigenvalue weighted by Gasteiger charge is 2.52. The molecule has 23 heavy (non-hydrogen) atoms. The van der Waals surface area contributed by atoms with Gasteiger partial charge < -0.3 is 9.88 Å². The summed E-state index contributed by atoms with van der Waals surface area (Å²) in [5.41, 5.74) is 0. The van der Waals surface area contributed by atoms with Crippen LogP contribution in [0.5, 0.6) is 0 Å². The van der Waals surface area contributed by atoms with Gasteiger partial charge in [-0.3, -0.25) is 0 Å². The molecule has 3 rings (SSSR count). The molecule has 122 valence electrons. The number of benzene rings is 2. The first kappa shape index (κ1) is 16.4. The summed E-state index contributed by atoms with van der Waals surface area (Å²) < 4.78 is 2.81. The zero-order valence-electron chi connectivity index (χ0n) is 14.5. The molecule has 1 aliphatic rings. The van der Waals surface area contributed by atoms with Crippen LogP contribution in [0, 0.1) is 0 Å². The zero-order valence-corrected chi connectivity index (χ0v) is 15.5. The molecule has 1 fully saturated rings. The van der Waals surface area contributed by atoms with Gasteiger partial charge in [0.1, 0.15) is 0 Å². The molecule has 1 N–H and O–H groups in total. The summed E-state index contributed by atoms with van der Waals surface area (Å²) >= 11 is 0. The van der Waals surface area contributed by atoms with E-state index < -0.39 is 8.24 Å². The highest BCUT2D eigenvalue weighted by molar-refractivity contribution is 7.02. The molecule has 2 aromatic carbocycles. The van der Waals surface area contributed by atoms with Crippen LogP contribution in [0.1, 0.15) is 20.8 Å². The number of nitrogens with zero attached hydrogens (tertiary/aromatic N) is 1. The zero-order chi connectivity index (χ0) is 16.3. The fourth-order valence-electron chi connectivity index (χ4n) is 4.23. The lowest BCUT2D eigenvalue weighted by molar-refractivity contribution is 0.351. The van der Waals surface area contributed by atoms with Crippen molar-refractivity contribution in [3.05, 3.63) is 60.7 Å². The van der Waals surface area contributed by atoms with Crippen molar-refractivity contribution in [3.63, 3.8) is 0 Å². The average Bonchev–Trinajstić information content (AvgIpc) is 2.57. The summed E-state index contributed by atoms with van der Waals surface area (Å²) in [5.74, 6) is 0. The maximum Gasteiger partial charge on any atom is 0.198 e. The first-order chi connectivity index (χ1) is 11.1. The highest BCUT2D eigenvalue weighted by atomic mass is 28.3. The Morgan fingerprint density at radius 1 is 0.783 bits per heavy atom. The predicted octanol–water partition coefficient (Wildman–Crippen LogP) is 2.45. The van der Waals surface area contributed by atoms with Crippen LogP contribution >= 0.6 is 0 Å². The molecule has 0 radical (unpaired) electrons. The average molecular weight is 325 g/mol. The minimum atomic E-state index is -2.06. The normalized spacial score (nSPS) is 17.2. The van der Waals surface area contributed by atoms with Crippen LogP contribution < -0.4 is 15.7 Å². The van der Waals surface area contributed by atoms with Crippen molar-refractivity contribution in [2.45, 2.75) is 25.8 Å². The maximum absolute atomic E-state index is 3.52. The second-order valence-electron chi connectivity index (χ2n) is 7.43. The molecule has 0 aromatic heterocycles. The molecule has 0 unspecified atom stereocenters. The Morgan fingerprint density at radius 2 is 1.22 bits per heavy atom. The molecule has 0 amide bonds. The van der Waals surface area contributed by atoms with Crippen LogP contribution in [0.2, 0.25) is 5.04 Å². The molecule has 0 bridgehead atoms. The Kier molecular flexibility index (Phi) is 4.71. The number of nitrogens with one attached hydrogen (secondary N) is 1. The fraction of sp³-hybridized carbons (Fsp3) is 0.400. The molecule has 1 heterocycles. The predicted molar refractivity (Wildman–Crippen MR) is 102 cm³/mol. The largest absolute Gasteiger partial charge is 0.314 e. The molecule has 2 nitrogen and oxygen atoms in total. The molecule has 0 aliphatic carbocycles. The van der Waals surface area contributed by atoms with Crippen LogP contribution in [-0.2, 0) is 0 Å². The second-order valence-corrected chi connectivity index (χ2v) is 12.1. The smallest absolute Gasteiger partial charge is 0.198 e. The lowest BCUT2D eigenvalue weighted by Crippen LogP contribution is -2.76. The lowest BCUT2D eigenvalue weighted by atomic mass is 10.2. The van der Waals surface area contributed by atoms with Crippen molar-refractivity contribution in [1.82, 2.24) is 9.88 Å². The summed E-state index contributed by atoms with van der Waals surface area (Å²) in [6.07, 6.45) is 0. The van der Waals surface area contributed by atoms with E-state index in [1.165, 1.54) is 10.4 Å². The van der Waals surface area contributed by atoms with Crippen molar-refractivity contribution in [1.29, 1.82) is 0 Å². The first-order valence-corrected chi connectivity index (χ1v) is 10.6. The highest BCUT2D eigenvalue weighted by Crippen LogP contribution is 2.38. The van der Waals surface area contributed by atoms with Crippen LogP contribution in [0.4, 0.5) is 0 Å². The van der Waals surface area contributed by atoms with E-state index in [0.29, 0.717) is 0 Å². The quantitative estimate of drug-likeness (QED) is 0.873. The number of piperazine rings is 1. The number of hydrogen-bond donors (Lipinski definition) is 1. The SMILES string of the molecule is CC(C)(C)[Si](c1ccccc1)(c1ccccc1)N1CCNCC1. The Morgan fingerprint density at radius 3 is 1.61 bits per heavy atom. The van der Waals surface area contributed by atoms with Crippen LogP contribution in [0.3, 0.4) is 0 Å². The maximum atomic E-state index is 3.52. The Bertz CT molecular complexity index is 574. The van der Waals surface area contributed by atoms with E-state index in [4.69, 9.17) is 0 Å². The van der Waals surface area contributed by atoms with E-state index in [0.717, 1.165) is 26.2 Å². The third kappa shape index (κ3) is 2.89. The van der Waals surface area contributed by atoms with E-state index in [-0.39, 0.29) is 5.04 Å². The van der Waals surface area contributed by atoms with Gasteiger partial charge in [0, 0.05) is 26.2 Å². The monoisotopic (exact) mass is 324 g/mol. The topological polar surface area (TPSA) is 15.3 Å². The first-order valence-electron chi connectivity index (χ1n) is 8.63. The summed E-state index contributed by atoms with van der Waals surface area (Å²) in [4.78, 5) is 0. The lowest BCUT2D eigenvalue weighted by Gasteiger charge is -2.52. The van der Waals surface area contributed by atoms with Gasteiger partial charge in [0.05, 0.1) is 0 Å². The van der Waals surface area contributed by atoms with Crippen molar-refractivity contribution in [2.24, 2.45) is 0 Å². The fourth-order valence-corrected chi connectivity index (χ4v) is 10.2. The molecule has 3 heteroatoms. The molecule has 1 saturated heterocycles. The Hall–Kier alpha value is -1.42. The molecule has 0 saturated carbocycles. The molecule has 0 atom stereocenters. The van der Waals surface area contributed by atoms with Gasteiger partial charge in [-0.1, -0.05) is 81.4 Å². The van der Waals surface area contributed by atoms with E-state index in [1.54, 1.807) is 0 Å². The summed E-state index contributed by atoms with van der Waals surface area (Å²) in [5, 5.41) is 6.79. The third-order valence-electron chi connectivity index (χ3n) is 5.06. The number of rotatable bonds is 3. The molecule has 0 spiro atoms. The molecular weight excluding hydrogens is 296 g/mol. The number of hydrogen-bond acceptors (Lipinski definition) is 2.